The number of hydrogen-bond donors (Lipinski definition) is 0. The van der Waals surface area contributed by atoms with Crippen LogP contribution in [0.25, 0.3) is 11.1 Å². The van der Waals surface area contributed by atoms with Crippen LogP contribution >= 0.6 is 0 Å². The van der Waals surface area contributed by atoms with E-state index >= 15 is 0 Å². The molecule has 0 heterocycles. The highest BCUT2D eigenvalue weighted by atomic mass is 16.5. The van der Waals surface area contributed by atoms with E-state index in [-0.39, 0.29) is 5.41 Å². The zero-order valence-corrected chi connectivity index (χ0v) is 15.8. The molecular formula is C25H24O. The Morgan fingerprint density at radius 2 is 1.35 bits per heavy atom. The summed E-state index contributed by atoms with van der Waals surface area (Å²) in [5.41, 5.74) is 9.22. The Kier molecular flexibility index (Phi) is 3.96. The number of hydrogen-bond acceptors (Lipinski definition) is 1. The fourth-order valence-electron chi connectivity index (χ4n) is 4.11. The van der Waals surface area contributed by atoms with Crippen molar-refractivity contribution in [2.45, 2.75) is 26.2 Å². The van der Waals surface area contributed by atoms with E-state index in [9.17, 15) is 0 Å². The summed E-state index contributed by atoms with van der Waals surface area (Å²) in [4.78, 5) is 0. The molecule has 130 valence electrons. The summed E-state index contributed by atoms with van der Waals surface area (Å²) >= 11 is 0. The lowest BCUT2D eigenvalue weighted by atomic mass is 9.78. The van der Waals surface area contributed by atoms with Crippen LogP contribution in [-0.4, -0.2) is 7.11 Å². The first-order chi connectivity index (χ1) is 12.5. The van der Waals surface area contributed by atoms with Gasteiger partial charge in [-0.05, 0) is 52.5 Å². The molecule has 0 aliphatic heterocycles. The quantitative estimate of drug-likeness (QED) is 0.547. The molecule has 3 aromatic rings. The van der Waals surface area contributed by atoms with Gasteiger partial charge >= 0.3 is 0 Å². The second-order valence-corrected chi connectivity index (χ2v) is 7.52. The van der Waals surface area contributed by atoms with Crippen molar-refractivity contribution in [1.82, 2.24) is 0 Å². The topological polar surface area (TPSA) is 9.23 Å². The van der Waals surface area contributed by atoms with Crippen molar-refractivity contribution in [2.75, 3.05) is 7.11 Å². The molecule has 0 unspecified atom stereocenters. The Labute approximate surface area is 156 Å². The summed E-state index contributed by atoms with van der Waals surface area (Å²) in [5, 5.41) is 0. The van der Waals surface area contributed by atoms with Gasteiger partial charge in [-0.15, -0.1) is 0 Å². The lowest BCUT2D eigenvalue weighted by Gasteiger charge is -2.25. The Hall–Kier alpha value is -2.80. The minimum absolute atomic E-state index is 0.0502. The van der Waals surface area contributed by atoms with Crippen LogP contribution in [-0.2, 0) is 5.41 Å². The summed E-state index contributed by atoms with van der Waals surface area (Å²) in [6, 6.07) is 26.1. The SMILES string of the molecule is COc1ccc(C2=C(c3ccc(C)cc3)c3ccccc3C2(C)C)cc1. The molecule has 1 nitrogen and oxygen atoms in total. The van der Waals surface area contributed by atoms with Crippen molar-refractivity contribution in [3.8, 4) is 5.75 Å². The van der Waals surface area contributed by atoms with Crippen LogP contribution in [0.5, 0.6) is 5.75 Å². The molecule has 0 saturated carbocycles. The molecular weight excluding hydrogens is 316 g/mol. The number of rotatable bonds is 3. The van der Waals surface area contributed by atoms with Crippen molar-refractivity contribution in [3.63, 3.8) is 0 Å². The summed E-state index contributed by atoms with van der Waals surface area (Å²) in [5.74, 6) is 0.888. The van der Waals surface area contributed by atoms with Gasteiger partial charge in [-0.25, -0.2) is 0 Å². The summed E-state index contributed by atoms with van der Waals surface area (Å²) < 4.78 is 5.35. The molecule has 4 rings (SSSR count). The van der Waals surface area contributed by atoms with E-state index in [1.165, 1.54) is 39.0 Å². The van der Waals surface area contributed by atoms with Crippen LogP contribution in [0.1, 0.15) is 41.7 Å². The highest BCUT2D eigenvalue weighted by Gasteiger charge is 2.38. The van der Waals surface area contributed by atoms with Crippen LogP contribution in [0, 0.1) is 6.92 Å². The summed E-state index contributed by atoms with van der Waals surface area (Å²) in [6.45, 7) is 6.79. The highest BCUT2D eigenvalue weighted by Crippen LogP contribution is 2.52. The number of fused-ring (bicyclic) bond motifs is 1. The van der Waals surface area contributed by atoms with E-state index in [1.54, 1.807) is 7.11 Å². The van der Waals surface area contributed by atoms with Gasteiger partial charge in [0.2, 0.25) is 0 Å². The minimum Gasteiger partial charge on any atom is -0.497 e. The molecule has 3 aromatic carbocycles. The van der Waals surface area contributed by atoms with E-state index in [4.69, 9.17) is 4.74 Å². The normalized spacial score (nSPS) is 15.1. The van der Waals surface area contributed by atoms with Crippen molar-refractivity contribution in [3.05, 3.63) is 101 Å². The molecule has 0 N–H and O–H groups in total. The largest absolute Gasteiger partial charge is 0.497 e. The van der Waals surface area contributed by atoms with Gasteiger partial charge in [-0.2, -0.15) is 0 Å². The van der Waals surface area contributed by atoms with Crippen molar-refractivity contribution in [2.24, 2.45) is 0 Å². The van der Waals surface area contributed by atoms with E-state index in [2.05, 4.69) is 81.4 Å². The van der Waals surface area contributed by atoms with Crippen molar-refractivity contribution < 1.29 is 4.74 Å². The zero-order chi connectivity index (χ0) is 18.3. The standard InChI is InChI=1S/C25H24O/c1-17-9-11-18(12-10-17)23-21-7-5-6-8-22(21)25(2,3)24(23)19-13-15-20(26-4)16-14-19/h5-16H,1-4H3. The highest BCUT2D eigenvalue weighted by molar-refractivity contribution is 6.07. The Balaban J connectivity index is 2.01. The van der Waals surface area contributed by atoms with Gasteiger partial charge in [-0.1, -0.05) is 80.1 Å². The molecule has 0 radical (unpaired) electrons. The molecule has 26 heavy (non-hydrogen) atoms. The molecule has 0 bridgehead atoms. The second kappa shape index (κ2) is 6.17. The molecule has 0 atom stereocenters. The van der Waals surface area contributed by atoms with Gasteiger partial charge in [0.1, 0.15) is 5.75 Å². The Morgan fingerprint density at radius 1 is 0.731 bits per heavy atom. The maximum Gasteiger partial charge on any atom is 0.118 e. The van der Waals surface area contributed by atoms with Crippen molar-refractivity contribution in [1.29, 1.82) is 0 Å². The molecule has 1 aliphatic carbocycles. The lowest BCUT2D eigenvalue weighted by molar-refractivity contribution is 0.414. The smallest absolute Gasteiger partial charge is 0.118 e. The first kappa shape index (κ1) is 16.7. The van der Waals surface area contributed by atoms with Crippen LogP contribution < -0.4 is 4.74 Å². The molecule has 0 spiro atoms. The fraction of sp³-hybridized carbons (Fsp3) is 0.200. The average Bonchev–Trinajstić information content (AvgIpc) is 2.90. The van der Waals surface area contributed by atoms with Gasteiger partial charge in [0.15, 0.2) is 0 Å². The van der Waals surface area contributed by atoms with E-state index in [0.717, 1.165) is 5.75 Å². The Morgan fingerprint density at radius 3 is 2.00 bits per heavy atom. The zero-order valence-electron chi connectivity index (χ0n) is 15.8. The van der Waals surface area contributed by atoms with Gasteiger partial charge < -0.3 is 4.74 Å². The van der Waals surface area contributed by atoms with Gasteiger partial charge in [0, 0.05) is 5.41 Å². The maximum atomic E-state index is 5.35. The Bertz CT molecular complexity index is 973. The van der Waals surface area contributed by atoms with E-state index in [1.807, 2.05) is 12.1 Å². The van der Waals surface area contributed by atoms with Gasteiger partial charge in [0.25, 0.3) is 0 Å². The van der Waals surface area contributed by atoms with Gasteiger partial charge in [-0.3, -0.25) is 0 Å². The fourth-order valence-corrected chi connectivity index (χ4v) is 4.11. The molecule has 0 saturated heterocycles. The third kappa shape index (κ3) is 2.55. The molecule has 0 aromatic heterocycles. The summed E-state index contributed by atoms with van der Waals surface area (Å²) in [7, 11) is 1.71. The first-order valence-corrected chi connectivity index (χ1v) is 9.08. The minimum atomic E-state index is -0.0502. The number of aryl methyl sites for hydroxylation is 1. The van der Waals surface area contributed by atoms with E-state index in [0.29, 0.717) is 0 Å². The van der Waals surface area contributed by atoms with Crippen LogP contribution in [0.2, 0.25) is 0 Å². The molecule has 0 amide bonds. The van der Waals surface area contributed by atoms with Crippen LogP contribution in [0.15, 0.2) is 72.8 Å². The summed E-state index contributed by atoms with van der Waals surface area (Å²) in [6.07, 6.45) is 0. The maximum absolute atomic E-state index is 5.35. The monoisotopic (exact) mass is 340 g/mol. The van der Waals surface area contributed by atoms with Crippen molar-refractivity contribution >= 4 is 11.1 Å². The van der Waals surface area contributed by atoms with Gasteiger partial charge in [0.05, 0.1) is 7.11 Å². The first-order valence-electron chi connectivity index (χ1n) is 9.08. The van der Waals surface area contributed by atoms with E-state index < -0.39 is 0 Å². The molecule has 1 aliphatic rings. The predicted octanol–water partition coefficient (Wildman–Crippen LogP) is 6.25. The third-order valence-corrected chi connectivity index (χ3v) is 5.46. The average molecular weight is 340 g/mol. The second-order valence-electron chi connectivity index (χ2n) is 7.52. The number of benzene rings is 3. The third-order valence-electron chi connectivity index (χ3n) is 5.46. The number of methoxy groups -OCH3 is 1. The van der Waals surface area contributed by atoms with Crippen LogP contribution in [0.4, 0.5) is 0 Å². The molecule has 0 fully saturated rings. The number of ether oxygens (including phenoxy) is 1. The lowest BCUT2D eigenvalue weighted by Crippen LogP contribution is -2.16. The predicted molar refractivity (Wildman–Crippen MR) is 110 cm³/mol. The van der Waals surface area contributed by atoms with Crippen LogP contribution in [0.3, 0.4) is 0 Å². The number of allylic oxidation sites excluding steroid dienone is 1. The molecule has 1 heteroatoms.